The Kier molecular flexibility index (Phi) is 3.84. The van der Waals surface area contributed by atoms with Gasteiger partial charge in [0.05, 0.1) is 0 Å². The first-order valence-electron chi connectivity index (χ1n) is 6.94. The van der Waals surface area contributed by atoms with E-state index in [9.17, 15) is 9.59 Å². The number of carbonyl (C=O) groups is 2. The second-order valence-corrected chi connectivity index (χ2v) is 6.37. The zero-order chi connectivity index (χ0) is 14.9. The normalized spacial score (nSPS) is 18.4. The van der Waals surface area contributed by atoms with Crippen LogP contribution in [-0.2, 0) is 22.6 Å². The predicted octanol–water partition coefficient (Wildman–Crippen LogP) is 1.87. The van der Waals surface area contributed by atoms with Crippen LogP contribution in [0.5, 0.6) is 0 Å². The van der Waals surface area contributed by atoms with Crippen molar-refractivity contribution in [3.63, 3.8) is 0 Å². The van der Waals surface area contributed by atoms with Crippen LogP contribution >= 0.6 is 0 Å². The molecule has 2 amide bonds. The van der Waals surface area contributed by atoms with E-state index in [-0.39, 0.29) is 17.4 Å². The summed E-state index contributed by atoms with van der Waals surface area (Å²) in [5, 5.41) is 2.97. The van der Waals surface area contributed by atoms with Crippen LogP contribution in [0.25, 0.3) is 0 Å². The minimum atomic E-state index is -0.415. The van der Waals surface area contributed by atoms with Crippen LogP contribution in [0.1, 0.15) is 38.8 Å². The van der Waals surface area contributed by atoms with Gasteiger partial charge < -0.3 is 10.2 Å². The number of hydrogen-bond acceptors (Lipinski definition) is 2. The number of hydrogen-bond donors (Lipinski definition) is 1. The molecule has 1 N–H and O–H groups in total. The average molecular weight is 274 g/mol. The van der Waals surface area contributed by atoms with Crippen molar-refractivity contribution < 1.29 is 9.59 Å². The Morgan fingerprint density at radius 3 is 2.35 bits per heavy atom. The van der Waals surface area contributed by atoms with Gasteiger partial charge in [0.15, 0.2) is 0 Å². The van der Waals surface area contributed by atoms with Crippen LogP contribution in [-0.4, -0.2) is 28.3 Å². The summed E-state index contributed by atoms with van der Waals surface area (Å²) in [5.74, 6) is -0.143. The van der Waals surface area contributed by atoms with Crippen molar-refractivity contribution >= 4 is 11.8 Å². The first-order valence-corrected chi connectivity index (χ1v) is 6.94. The highest BCUT2D eigenvalue weighted by Gasteiger charge is 2.34. The lowest BCUT2D eigenvalue weighted by molar-refractivity contribution is -0.140. The Bertz CT molecular complexity index is 532. The molecule has 0 saturated carbocycles. The molecule has 0 spiro atoms. The van der Waals surface area contributed by atoms with Crippen molar-refractivity contribution in [3.8, 4) is 0 Å². The van der Waals surface area contributed by atoms with Crippen LogP contribution in [0.3, 0.4) is 0 Å². The molecular weight excluding hydrogens is 252 g/mol. The van der Waals surface area contributed by atoms with E-state index < -0.39 is 6.04 Å². The number of carbonyl (C=O) groups excluding carboxylic acids is 2. The lowest BCUT2D eigenvalue weighted by atomic mass is 9.93. The van der Waals surface area contributed by atoms with E-state index in [1.807, 2.05) is 45.0 Å². The number of nitrogens with zero attached hydrogens (tertiary/aromatic N) is 1. The highest BCUT2D eigenvalue weighted by Crippen LogP contribution is 2.23. The van der Waals surface area contributed by atoms with Gasteiger partial charge in [-0.25, -0.2) is 0 Å². The van der Waals surface area contributed by atoms with Crippen molar-refractivity contribution in [2.75, 3.05) is 0 Å². The predicted molar refractivity (Wildman–Crippen MR) is 78.1 cm³/mol. The maximum absolute atomic E-state index is 12.4. The molecule has 1 aromatic carbocycles. The van der Waals surface area contributed by atoms with Crippen LogP contribution in [0.15, 0.2) is 24.3 Å². The summed E-state index contributed by atoms with van der Waals surface area (Å²) >= 11 is 0. The summed E-state index contributed by atoms with van der Waals surface area (Å²) in [6, 6.07) is 7.57. The van der Waals surface area contributed by atoms with Gasteiger partial charge in [-0.1, -0.05) is 24.3 Å². The van der Waals surface area contributed by atoms with Gasteiger partial charge in [0.2, 0.25) is 11.8 Å². The molecule has 1 aliphatic rings. The number of rotatable bonds is 1. The Balaban J connectivity index is 2.27. The van der Waals surface area contributed by atoms with Gasteiger partial charge >= 0.3 is 0 Å². The van der Waals surface area contributed by atoms with E-state index in [0.717, 1.165) is 11.1 Å². The van der Waals surface area contributed by atoms with Gasteiger partial charge in [-0.2, -0.15) is 0 Å². The third kappa shape index (κ3) is 3.18. The Labute approximate surface area is 120 Å². The highest BCUT2D eigenvalue weighted by atomic mass is 16.2. The monoisotopic (exact) mass is 274 g/mol. The molecule has 0 bridgehead atoms. The van der Waals surface area contributed by atoms with Crippen LogP contribution in [0.4, 0.5) is 0 Å². The van der Waals surface area contributed by atoms with Gasteiger partial charge in [0.1, 0.15) is 6.04 Å². The molecule has 20 heavy (non-hydrogen) atoms. The molecule has 0 aliphatic carbocycles. The Morgan fingerprint density at radius 1 is 1.20 bits per heavy atom. The highest BCUT2D eigenvalue weighted by molar-refractivity contribution is 5.88. The third-order valence-corrected chi connectivity index (χ3v) is 3.45. The molecule has 0 radical (unpaired) electrons. The van der Waals surface area contributed by atoms with Gasteiger partial charge in [-0.05, 0) is 31.9 Å². The first-order chi connectivity index (χ1) is 9.28. The fourth-order valence-electron chi connectivity index (χ4n) is 2.54. The average Bonchev–Trinajstić information content (AvgIpc) is 2.35. The van der Waals surface area contributed by atoms with Crippen LogP contribution in [0.2, 0.25) is 0 Å². The lowest BCUT2D eigenvalue weighted by Crippen LogP contribution is -2.55. The fourth-order valence-corrected chi connectivity index (χ4v) is 2.54. The second-order valence-electron chi connectivity index (χ2n) is 6.37. The molecular formula is C16H22N2O2. The molecule has 4 nitrogen and oxygen atoms in total. The summed E-state index contributed by atoms with van der Waals surface area (Å²) in [5.41, 5.74) is 1.98. The Morgan fingerprint density at radius 2 is 1.80 bits per heavy atom. The number of amides is 2. The van der Waals surface area contributed by atoms with Crippen molar-refractivity contribution in [3.05, 3.63) is 35.4 Å². The molecule has 1 aromatic rings. The molecule has 0 aromatic heterocycles. The van der Waals surface area contributed by atoms with Gasteiger partial charge in [0.25, 0.3) is 0 Å². The standard InChI is InChI=1S/C16H22N2O2/c1-11(19)18-10-13-8-6-5-7-12(13)9-14(18)15(20)17-16(2,3)4/h5-8,14H,9-10H2,1-4H3,(H,17,20). The van der Waals surface area contributed by atoms with Crippen molar-refractivity contribution in [2.24, 2.45) is 0 Å². The lowest BCUT2D eigenvalue weighted by Gasteiger charge is -2.37. The molecule has 0 fully saturated rings. The minimum Gasteiger partial charge on any atom is -0.350 e. The molecule has 1 heterocycles. The minimum absolute atomic E-state index is 0.0615. The fraction of sp³-hybridized carbons (Fsp3) is 0.500. The molecule has 1 atom stereocenters. The maximum Gasteiger partial charge on any atom is 0.243 e. The summed E-state index contributed by atoms with van der Waals surface area (Å²) in [6.07, 6.45) is 0.581. The van der Waals surface area contributed by atoms with E-state index >= 15 is 0 Å². The molecule has 1 aliphatic heterocycles. The van der Waals surface area contributed by atoms with Gasteiger partial charge in [-0.15, -0.1) is 0 Å². The maximum atomic E-state index is 12.4. The number of nitrogens with one attached hydrogen (secondary N) is 1. The largest absolute Gasteiger partial charge is 0.350 e. The SMILES string of the molecule is CC(=O)N1Cc2ccccc2CC1C(=O)NC(C)(C)C. The van der Waals surface area contributed by atoms with Crippen LogP contribution < -0.4 is 5.32 Å². The van der Waals surface area contributed by atoms with E-state index in [0.29, 0.717) is 13.0 Å². The number of fused-ring (bicyclic) bond motifs is 1. The summed E-state index contributed by atoms with van der Waals surface area (Å²) in [7, 11) is 0. The molecule has 0 saturated heterocycles. The van der Waals surface area contributed by atoms with Crippen molar-refractivity contribution in [2.45, 2.75) is 52.2 Å². The van der Waals surface area contributed by atoms with E-state index in [1.165, 1.54) is 6.92 Å². The van der Waals surface area contributed by atoms with E-state index in [1.54, 1.807) is 4.90 Å². The second kappa shape index (κ2) is 5.27. The molecule has 108 valence electrons. The molecule has 4 heteroatoms. The van der Waals surface area contributed by atoms with Gasteiger partial charge in [0, 0.05) is 25.4 Å². The zero-order valence-corrected chi connectivity index (χ0v) is 12.6. The van der Waals surface area contributed by atoms with Crippen molar-refractivity contribution in [1.29, 1.82) is 0 Å². The smallest absolute Gasteiger partial charge is 0.243 e. The van der Waals surface area contributed by atoms with Crippen LogP contribution in [0, 0.1) is 0 Å². The molecule has 1 unspecified atom stereocenters. The van der Waals surface area contributed by atoms with Gasteiger partial charge in [-0.3, -0.25) is 9.59 Å². The summed E-state index contributed by atoms with van der Waals surface area (Å²) in [6.45, 7) is 7.86. The third-order valence-electron chi connectivity index (χ3n) is 3.45. The van der Waals surface area contributed by atoms with E-state index in [4.69, 9.17) is 0 Å². The summed E-state index contributed by atoms with van der Waals surface area (Å²) in [4.78, 5) is 25.9. The quantitative estimate of drug-likeness (QED) is 0.850. The zero-order valence-electron chi connectivity index (χ0n) is 12.6. The Hall–Kier alpha value is -1.84. The first kappa shape index (κ1) is 14.6. The number of benzene rings is 1. The van der Waals surface area contributed by atoms with E-state index in [2.05, 4.69) is 5.32 Å². The van der Waals surface area contributed by atoms with Crippen molar-refractivity contribution in [1.82, 2.24) is 10.2 Å². The molecule has 2 rings (SSSR count). The topological polar surface area (TPSA) is 49.4 Å². The summed E-state index contributed by atoms with van der Waals surface area (Å²) < 4.78 is 0.